The summed E-state index contributed by atoms with van der Waals surface area (Å²) in [6.07, 6.45) is 0.162. The molecule has 0 aliphatic carbocycles. The first-order valence-corrected chi connectivity index (χ1v) is 9.30. The number of thioether (sulfide) groups is 1. The molecule has 0 spiro atoms. The Morgan fingerprint density at radius 1 is 1.27 bits per heavy atom. The first-order valence-electron chi connectivity index (χ1n) is 8.42. The predicted molar refractivity (Wildman–Crippen MR) is 104 cm³/mol. The number of benzene rings is 2. The van der Waals surface area contributed by atoms with Crippen LogP contribution in [0.1, 0.15) is 17.5 Å². The van der Waals surface area contributed by atoms with Crippen LogP contribution < -0.4 is 10.1 Å². The number of nitrogens with zero attached hydrogens (tertiary/aromatic N) is 1. The molecule has 0 saturated heterocycles. The summed E-state index contributed by atoms with van der Waals surface area (Å²) in [6, 6.07) is 13.5. The van der Waals surface area contributed by atoms with Crippen molar-refractivity contribution < 1.29 is 14.3 Å². The van der Waals surface area contributed by atoms with Crippen LogP contribution in [0, 0.1) is 6.92 Å². The Balaban J connectivity index is 1.67. The zero-order valence-corrected chi connectivity index (χ0v) is 15.9. The average molecular weight is 370 g/mol. The van der Waals surface area contributed by atoms with Gasteiger partial charge in [0.15, 0.2) is 0 Å². The fraction of sp³-hybridized carbons (Fsp3) is 0.300. The average Bonchev–Trinajstić information content (AvgIpc) is 2.62. The summed E-state index contributed by atoms with van der Waals surface area (Å²) in [4.78, 5) is 27.6. The van der Waals surface area contributed by atoms with Gasteiger partial charge in [0.1, 0.15) is 5.75 Å². The number of carbonyl (C=O) groups excluding carboxylic acids is 2. The summed E-state index contributed by atoms with van der Waals surface area (Å²) in [7, 11) is 3.37. The molecule has 2 amide bonds. The van der Waals surface area contributed by atoms with E-state index in [4.69, 9.17) is 4.74 Å². The predicted octanol–water partition coefficient (Wildman–Crippen LogP) is 3.47. The number of anilines is 1. The number of methoxy groups -OCH3 is 1. The van der Waals surface area contributed by atoms with Gasteiger partial charge >= 0.3 is 0 Å². The Morgan fingerprint density at radius 2 is 2.04 bits per heavy atom. The van der Waals surface area contributed by atoms with E-state index in [1.807, 2.05) is 49.4 Å². The number of fused-ring (bicyclic) bond motifs is 1. The summed E-state index contributed by atoms with van der Waals surface area (Å²) < 4.78 is 5.38. The number of aryl methyl sites for hydroxylation is 1. The highest BCUT2D eigenvalue weighted by Gasteiger charge is 2.29. The van der Waals surface area contributed by atoms with E-state index in [9.17, 15) is 9.59 Å². The lowest BCUT2D eigenvalue weighted by atomic mass is 10.1. The molecule has 6 heteroatoms. The second-order valence-electron chi connectivity index (χ2n) is 6.36. The number of para-hydroxylation sites is 1. The van der Waals surface area contributed by atoms with Crippen molar-refractivity contribution in [1.82, 2.24) is 4.90 Å². The standard InChI is InChI=1S/C20H22N2O3S/c1-13-8-9-16(25-3)14(10-13)12-22(2)19(23)11-18-20(24)21-15-6-4-5-7-17(15)26-18/h4-10,18H,11-12H2,1-3H3,(H,21,24)/t18-/m1/s1. The third kappa shape index (κ3) is 4.02. The summed E-state index contributed by atoms with van der Waals surface area (Å²) in [5, 5.41) is 2.46. The first-order chi connectivity index (χ1) is 12.5. The van der Waals surface area contributed by atoms with Crippen LogP contribution >= 0.6 is 11.8 Å². The van der Waals surface area contributed by atoms with Crippen molar-refractivity contribution in [2.45, 2.75) is 30.0 Å². The van der Waals surface area contributed by atoms with E-state index in [0.717, 1.165) is 27.5 Å². The molecule has 2 aromatic carbocycles. The number of hydrogen-bond acceptors (Lipinski definition) is 4. The molecule has 5 nitrogen and oxygen atoms in total. The van der Waals surface area contributed by atoms with Gasteiger partial charge in [-0.05, 0) is 25.1 Å². The maximum atomic E-state index is 12.6. The van der Waals surface area contributed by atoms with E-state index in [1.165, 1.54) is 11.8 Å². The lowest BCUT2D eigenvalue weighted by Gasteiger charge is -2.26. The molecule has 0 saturated carbocycles. The van der Waals surface area contributed by atoms with Crippen LogP contribution in [0.3, 0.4) is 0 Å². The van der Waals surface area contributed by atoms with Gasteiger partial charge in [0.05, 0.1) is 18.0 Å². The van der Waals surface area contributed by atoms with Crippen molar-refractivity contribution >= 4 is 29.3 Å². The van der Waals surface area contributed by atoms with Crippen molar-refractivity contribution in [2.24, 2.45) is 0 Å². The van der Waals surface area contributed by atoms with Crippen molar-refractivity contribution in [3.8, 4) is 5.75 Å². The minimum absolute atomic E-state index is 0.0689. The highest BCUT2D eigenvalue weighted by Crippen LogP contribution is 2.36. The van der Waals surface area contributed by atoms with E-state index in [0.29, 0.717) is 6.54 Å². The van der Waals surface area contributed by atoms with Gasteiger partial charge in [-0.1, -0.05) is 29.8 Å². The molecule has 0 unspecified atom stereocenters. The maximum absolute atomic E-state index is 12.6. The molecule has 0 aromatic heterocycles. The largest absolute Gasteiger partial charge is 0.496 e. The van der Waals surface area contributed by atoms with Crippen molar-refractivity contribution in [3.05, 3.63) is 53.6 Å². The number of amides is 2. The van der Waals surface area contributed by atoms with Crippen LogP contribution in [0.4, 0.5) is 5.69 Å². The summed E-state index contributed by atoms with van der Waals surface area (Å²) >= 11 is 1.44. The molecular formula is C20H22N2O3S. The Labute approximate surface area is 157 Å². The van der Waals surface area contributed by atoms with Gasteiger partial charge in [-0.15, -0.1) is 11.8 Å². The van der Waals surface area contributed by atoms with E-state index < -0.39 is 5.25 Å². The van der Waals surface area contributed by atoms with Gasteiger partial charge in [-0.2, -0.15) is 0 Å². The fourth-order valence-corrected chi connectivity index (χ4v) is 4.02. The van der Waals surface area contributed by atoms with Crippen LogP contribution in [0.2, 0.25) is 0 Å². The Bertz CT molecular complexity index is 838. The van der Waals surface area contributed by atoms with Crippen LogP contribution in [0.5, 0.6) is 5.75 Å². The summed E-state index contributed by atoms with van der Waals surface area (Å²) in [6.45, 7) is 2.45. The second kappa shape index (κ2) is 7.83. The minimum atomic E-state index is -0.417. The van der Waals surface area contributed by atoms with E-state index in [-0.39, 0.29) is 18.2 Å². The van der Waals surface area contributed by atoms with Crippen molar-refractivity contribution in [1.29, 1.82) is 0 Å². The van der Waals surface area contributed by atoms with E-state index >= 15 is 0 Å². The monoisotopic (exact) mass is 370 g/mol. The SMILES string of the molecule is COc1ccc(C)cc1CN(C)C(=O)C[C@H]1Sc2ccccc2NC1=O. The third-order valence-electron chi connectivity index (χ3n) is 4.34. The van der Waals surface area contributed by atoms with Gasteiger partial charge in [0.25, 0.3) is 0 Å². The van der Waals surface area contributed by atoms with Gasteiger partial charge in [-0.25, -0.2) is 0 Å². The molecule has 2 aromatic rings. The van der Waals surface area contributed by atoms with Crippen molar-refractivity contribution in [2.75, 3.05) is 19.5 Å². The Kier molecular flexibility index (Phi) is 5.52. The molecular weight excluding hydrogens is 348 g/mol. The second-order valence-corrected chi connectivity index (χ2v) is 7.61. The normalized spacial score (nSPS) is 15.8. The number of nitrogens with one attached hydrogen (secondary N) is 1. The zero-order valence-electron chi connectivity index (χ0n) is 15.1. The van der Waals surface area contributed by atoms with Gasteiger partial charge in [0.2, 0.25) is 11.8 Å². The fourth-order valence-electron chi connectivity index (χ4n) is 2.92. The van der Waals surface area contributed by atoms with Crippen LogP contribution in [-0.2, 0) is 16.1 Å². The third-order valence-corrected chi connectivity index (χ3v) is 5.61. The lowest BCUT2D eigenvalue weighted by molar-refractivity contribution is -0.131. The van der Waals surface area contributed by atoms with Gasteiger partial charge in [-0.3, -0.25) is 9.59 Å². The molecule has 1 atom stereocenters. The lowest BCUT2D eigenvalue weighted by Crippen LogP contribution is -2.35. The number of carbonyl (C=O) groups is 2. The van der Waals surface area contributed by atoms with Crippen LogP contribution in [0.25, 0.3) is 0 Å². The van der Waals surface area contributed by atoms with Crippen LogP contribution in [-0.4, -0.2) is 36.1 Å². The van der Waals surface area contributed by atoms with Crippen LogP contribution in [0.15, 0.2) is 47.4 Å². The topological polar surface area (TPSA) is 58.6 Å². The number of hydrogen-bond donors (Lipinski definition) is 1. The molecule has 0 fully saturated rings. The molecule has 1 aliphatic heterocycles. The van der Waals surface area contributed by atoms with E-state index in [1.54, 1.807) is 19.1 Å². The van der Waals surface area contributed by atoms with Gasteiger partial charge < -0.3 is 15.0 Å². The maximum Gasteiger partial charge on any atom is 0.238 e. The molecule has 1 N–H and O–H groups in total. The number of ether oxygens (including phenoxy) is 1. The molecule has 1 aliphatic rings. The van der Waals surface area contributed by atoms with Crippen molar-refractivity contribution in [3.63, 3.8) is 0 Å². The highest BCUT2D eigenvalue weighted by molar-refractivity contribution is 8.01. The number of rotatable bonds is 5. The Hall–Kier alpha value is -2.47. The Morgan fingerprint density at radius 3 is 2.81 bits per heavy atom. The summed E-state index contributed by atoms with van der Waals surface area (Å²) in [5.74, 6) is 0.568. The summed E-state index contributed by atoms with van der Waals surface area (Å²) in [5.41, 5.74) is 2.87. The zero-order chi connectivity index (χ0) is 18.7. The molecule has 26 heavy (non-hydrogen) atoms. The quantitative estimate of drug-likeness (QED) is 0.876. The molecule has 0 radical (unpaired) electrons. The molecule has 3 rings (SSSR count). The highest BCUT2D eigenvalue weighted by atomic mass is 32.2. The first kappa shape index (κ1) is 18.3. The molecule has 0 bridgehead atoms. The van der Waals surface area contributed by atoms with Gasteiger partial charge in [0, 0.05) is 30.5 Å². The smallest absolute Gasteiger partial charge is 0.238 e. The minimum Gasteiger partial charge on any atom is -0.496 e. The molecule has 136 valence electrons. The molecule has 1 heterocycles. The van der Waals surface area contributed by atoms with E-state index in [2.05, 4.69) is 5.32 Å².